The first-order valence-electron chi connectivity index (χ1n) is 6.32. The predicted molar refractivity (Wildman–Crippen MR) is 68.8 cm³/mol. The van der Waals surface area contributed by atoms with Gasteiger partial charge in [-0.3, -0.25) is 9.78 Å². The van der Waals surface area contributed by atoms with Gasteiger partial charge in [0.25, 0.3) is 5.91 Å². The maximum atomic E-state index is 12.4. The predicted octanol–water partition coefficient (Wildman–Crippen LogP) is 1.17. The number of hydrogen-bond acceptors (Lipinski definition) is 5. The van der Waals surface area contributed by atoms with Crippen molar-refractivity contribution in [2.45, 2.75) is 38.6 Å². The molecule has 1 fully saturated rings. The third-order valence-corrected chi connectivity index (χ3v) is 3.32. The minimum atomic E-state index is -0.0611. The molecule has 1 atom stereocenters. The van der Waals surface area contributed by atoms with Crippen molar-refractivity contribution in [3.8, 4) is 0 Å². The van der Waals surface area contributed by atoms with Gasteiger partial charge >= 0.3 is 0 Å². The monoisotopic (exact) mass is 249 g/mol. The van der Waals surface area contributed by atoms with E-state index in [1.807, 2.05) is 4.90 Å². The molecule has 1 aliphatic rings. The lowest BCUT2D eigenvalue weighted by Gasteiger charge is -2.26. The first-order chi connectivity index (χ1) is 8.72. The number of rotatable bonds is 2. The van der Waals surface area contributed by atoms with E-state index in [0.29, 0.717) is 11.5 Å². The largest absolute Gasteiger partial charge is 0.335 e. The summed E-state index contributed by atoms with van der Waals surface area (Å²) in [5, 5.41) is 0. The Morgan fingerprint density at radius 1 is 1.44 bits per heavy atom. The molecule has 3 N–H and O–H groups in total. The molecule has 1 aromatic rings. The van der Waals surface area contributed by atoms with E-state index >= 15 is 0 Å². The van der Waals surface area contributed by atoms with Gasteiger partial charge in [0.2, 0.25) is 0 Å². The van der Waals surface area contributed by atoms with Gasteiger partial charge in [0, 0.05) is 12.6 Å². The Balaban J connectivity index is 2.18. The van der Waals surface area contributed by atoms with Gasteiger partial charge in [0.1, 0.15) is 5.69 Å². The Labute approximate surface area is 107 Å². The van der Waals surface area contributed by atoms with Crippen LogP contribution in [0, 0.1) is 0 Å². The summed E-state index contributed by atoms with van der Waals surface area (Å²) in [5.41, 5.74) is 2.75. The summed E-state index contributed by atoms with van der Waals surface area (Å²) in [5.74, 6) is 5.62. The highest BCUT2D eigenvalue weighted by Crippen LogP contribution is 2.18. The summed E-state index contributed by atoms with van der Waals surface area (Å²) < 4.78 is 0. The number of nitrogens with two attached hydrogens (primary N) is 1. The topological polar surface area (TPSA) is 84.1 Å². The number of carbonyl (C=O) groups is 1. The average molecular weight is 249 g/mol. The fourth-order valence-electron chi connectivity index (χ4n) is 2.26. The first kappa shape index (κ1) is 12.8. The molecule has 0 spiro atoms. The third-order valence-electron chi connectivity index (χ3n) is 3.32. The zero-order chi connectivity index (χ0) is 13.0. The minimum Gasteiger partial charge on any atom is -0.335 e. The summed E-state index contributed by atoms with van der Waals surface area (Å²) in [7, 11) is 0. The second kappa shape index (κ2) is 5.77. The molecule has 0 bridgehead atoms. The van der Waals surface area contributed by atoms with Gasteiger partial charge in [0.05, 0.1) is 12.4 Å². The van der Waals surface area contributed by atoms with Crippen LogP contribution in [0.4, 0.5) is 5.82 Å². The number of nitrogen functional groups attached to an aromatic ring is 1. The summed E-state index contributed by atoms with van der Waals surface area (Å²) in [6.45, 7) is 2.88. The van der Waals surface area contributed by atoms with Crippen LogP contribution in [-0.2, 0) is 0 Å². The van der Waals surface area contributed by atoms with Crippen molar-refractivity contribution in [3.63, 3.8) is 0 Å². The van der Waals surface area contributed by atoms with Gasteiger partial charge < -0.3 is 10.3 Å². The second-order valence-electron chi connectivity index (χ2n) is 4.63. The summed E-state index contributed by atoms with van der Waals surface area (Å²) >= 11 is 0. The SMILES string of the molecule is CC1CCCCCN1C(=O)c1cncc(NN)n1. The lowest BCUT2D eigenvalue weighted by molar-refractivity contribution is 0.0691. The lowest BCUT2D eigenvalue weighted by atomic mass is 10.1. The number of amides is 1. The fraction of sp³-hybridized carbons (Fsp3) is 0.583. The first-order valence-corrected chi connectivity index (χ1v) is 6.32. The molecule has 1 amide bonds. The fourth-order valence-corrected chi connectivity index (χ4v) is 2.26. The number of aromatic nitrogens is 2. The van der Waals surface area contributed by atoms with E-state index in [4.69, 9.17) is 5.84 Å². The minimum absolute atomic E-state index is 0.0611. The van der Waals surface area contributed by atoms with Gasteiger partial charge in [-0.05, 0) is 19.8 Å². The third kappa shape index (κ3) is 2.76. The number of nitrogens with zero attached hydrogens (tertiary/aromatic N) is 3. The lowest BCUT2D eigenvalue weighted by Crippen LogP contribution is -2.38. The van der Waals surface area contributed by atoms with Crippen LogP contribution in [0.25, 0.3) is 0 Å². The van der Waals surface area contributed by atoms with E-state index < -0.39 is 0 Å². The molecular formula is C12H19N5O. The summed E-state index contributed by atoms with van der Waals surface area (Å²) in [4.78, 5) is 22.4. The number of nitrogens with one attached hydrogen (secondary N) is 1. The van der Waals surface area contributed by atoms with E-state index in [2.05, 4.69) is 22.3 Å². The van der Waals surface area contributed by atoms with Gasteiger partial charge in [-0.15, -0.1) is 0 Å². The van der Waals surface area contributed by atoms with E-state index in [0.717, 1.165) is 19.4 Å². The van der Waals surface area contributed by atoms with Crippen LogP contribution in [0.3, 0.4) is 0 Å². The Kier molecular flexibility index (Phi) is 4.09. The van der Waals surface area contributed by atoms with Crippen molar-refractivity contribution < 1.29 is 4.79 Å². The molecule has 1 unspecified atom stereocenters. The van der Waals surface area contributed by atoms with E-state index in [-0.39, 0.29) is 11.9 Å². The molecule has 0 aliphatic carbocycles. The zero-order valence-corrected chi connectivity index (χ0v) is 10.6. The standard InChI is InChI=1S/C12H19N5O/c1-9-5-3-2-4-6-17(9)12(18)10-7-14-8-11(15-10)16-13/h7-9H,2-6,13H2,1H3,(H,15,16). The maximum absolute atomic E-state index is 12.4. The molecule has 6 heteroatoms. The highest BCUT2D eigenvalue weighted by atomic mass is 16.2. The molecule has 2 rings (SSSR count). The maximum Gasteiger partial charge on any atom is 0.274 e. The summed E-state index contributed by atoms with van der Waals surface area (Å²) in [6.07, 6.45) is 7.45. The van der Waals surface area contributed by atoms with Crippen LogP contribution in [0.2, 0.25) is 0 Å². The smallest absolute Gasteiger partial charge is 0.274 e. The molecule has 6 nitrogen and oxygen atoms in total. The van der Waals surface area contributed by atoms with Crippen molar-refractivity contribution in [1.82, 2.24) is 14.9 Å². The number of carbonyl (C=O) groups excluding carboxylic acids is 1. The van der Waals surface area contributed by atoms with Gasteiger partial charge in [-0.2, -0.15) is 0 Å². The number of likely N-dealkylation sites (tertiary alicyclic amines) is 1. The molecule has 1 aromatic heterocycles. The molecule has 98 valence electrons. The Morgan fingerprint density at radius 2 is 2.28 bits per heavy atom. The van der Waals surface area contributed by atoms with Crippen molar-refractivity contribution in [3.05, 3.63) is 18.1 Å². The molecule has 0 aromatic carbocycles. The molecule has 2 heterocycles. The quantitative estimate of drug-likeness (QED) is 0.607. The second-order valence-corrected chi connectivity index (χ2v) is 4.63. The van der Waals surface area contributed by atoms with E-state index in [1.165, 1.54) is 25.2 Å². The highest BCUT2D eigenvalue weighted by molar-refractivity contribution is 5.92. The molecule has 18 heavy (non-hydrogen) atoms. The van der Waals surface area contributed by atoms with Crippen LogP contribution in [0.1, 0.15) is 43.1 Å². The van der Waals surface area contributed by atoms with Crippen LogP contribution in [-0.4, -0.2) is 33.4 Å². The van der Waals surface area contributed by atoms with Gasteiger partial charge in [0.15, 0.2) is 5.82 Å². The normalized spacial score (nSPS) is 20.3. The summed E-state index contributed by atoms with van der Waals surface area (Å²) in [6, 6.07) is 0.260. The molecule has 0 saturated carbocycles. The van der Waals surface area contributed by atoms with Crippen molar-refractivity contribution in [2.24, 2.45) is 5.84 Å². The number of hydrazine groups is 1. The Hall–Kier alpha value is -1.69. The Morgan fingerprint density at radius 3 is 3.06 bits per heavy atom. The van der Waals surface area contributed by atoms with Crippen LogP contribution in [0.5, 0.6) is 0 Å². The van der Waals surface area contributed by atoms with Gasteiger partial charge in [-0.1, -0.05) is 12.8 Å². The average Bonchev–Trinajstić information content (AvgIpc) is 2.62. The number of anilines is 1. The molecular weight excluding hydrogens is 230 g/mol. The zero-order valence-electron chi connectivity index (χ0n) is 10.6. The van der Waals surface area contributed by atoms with Crippen LogP contribution < -0.4 is 11.3 Å². The van der Waals surface area contributed by atoms with Crippen LogP contribution >= 0.6 is 0 Å². The van der Waals surface area contributed by atoms with Gasteiger partial charge in [-0.25, -0.2) is 10.8 Å². The number of hydrogen-bond donors (Lipinski definition) is 2. The Bertz CT molecular complexity index is 423. The van der Waals surface area contributed by atoms with Crippen molar-refractivity contribution in [1.29, 1.82) is 0 Å². The van der Waals surface area contributed by atoms with Crippen LogP contribution in [0.15, 0.2) is 12.4 Å². The molecule has 0 radical (unpaired) electrons. The van der Waals surface area contributed by atoms with E-state index in [1.54, 1.807) is 0 Å². The highest BCUT2D eigenvalue weighted by Gasteiger charge is 2.24. The van der Waals surface area contributed by atoms with E-state index in [9.17, 15) is 4.79 Å². The molecule has 1 aliphatic heterocycles. The van der Waals surface area contributed by atoms with Crippen molar-refractivity contribution in [2.75, 3.05) is 12.0 Å². The molecule has 1 saturated heterocycles. The van der Waals surface area contributed by atoms with Crippen molar-refractivity contribution >= 4 is 11.7 Å².